The molecule has 1 aromatic heterocycles. The molecule has 0 unspecified atom stereocenters. The van der Waals surface area contributed by atoms with Crippen LogP contribution < -0.4 is 10.1 Å². The third-order valence-electron chi connectivity index (χ3n) is 2.68. The molecule has 0 bridgehead atoms. The lowest BCUT2D eigenvalue weighted by molar-refractivity contribution is 0.102. The number of rotatable bonds is 3. The van der Waals surface area contributed by atoms with Crippen LogP contribution in [0.2, 0.25) is 0 Å². The molecular weight excluding hydrogens is 230 g/mol. The van der Waals surface area contributed by atoms with Crippen molar-refractivity contribution in [2.24, 2.45) is 0 Å². The molecular formula is C13H15N3O2. The number of methoxy groups -OCH3 is 1. The highest BCUT2D eigenvalue weighted by Crippen LogP contribution is 2.25. The van der Waals surface area contributed by atoms with E-state index in [2.05, 4.69) is 15.5 Å². The molecule has 0 radical (unpaired) electrons. The smallest absolute Gasteiger partial charge is 0.259 e. The molecule has 0 spiro atoms. The van der Waals surface area contributed by atoms with Crippen molar-refractivity contribution >= 4 is 11.6 Å². The van der Waals surface area contributed by atoms with Gasteiger partial charge in [-0.3, -0.25) is 9.89 Å². The van der Waals surface area contributed by atoms with E-state index in [1.54, 1.807) is 14.0 Å². The van der Waals surface area contributed by atoms with Gasteiger partial charge in [-0.15, -0.1) is 0 Å². The summed E-state index contributed by atoms with van der Waals surface area (Å²) < 4.78 is 5.24. The average molecular weight is 245 g/mol. The fourth-order valence-electron chi connectivity index (χ4n) is 1.67. The Morgan fingerprint density at radius 1 is 1.39 bits per heavy atom. The van der Waals surface area contributed by atoms with Gasteiger partial charge in [-0.05, 0) is 31.5 Å². The van der Waals surface area contributed by atoms with Gasteiger partial charge in [-0.1, -0.05) is 6.07 Å². The molecule has 0 fully saturated rings. The van der Waals surface area contributed by atoms with Crippen LogP contribution >= 0.6 is 0 Å². The van der Waals surface area contributed by atoms with Gasteiger partial charge in [-0.2, -0.15) is 5.10 Å². The van der Waals surface area contributed by atoms with Crippen molar-refractivity contribution in [2.45, 2.75) is 13.8 Å². The Bertz CT molecular complexity index is 575. The van der Waals surface area contributed by atoms with Crippen molar-refractivity contribution in [1.82, 2.24) is 10.2 Å². The van der Waals surface area contributed by atoms with Gasteiger partial charge in [-0.25, -0.2) is 0 Å². The van der Waals surface area contributed by atoms with E-state index in [0.29, 0.717) is 17.0 Å². The molecule has 0 aliphatic heterocycles. The Kier molecular flexibility index (Phi) is 3.32. The number of benzene rings is 1. The molecule has 0 atom stereocenters. The summed E-state index contributed by atoms with van der Waals surface area (Å²) in [5, 5.41) is 9.36. The second kappa shape index (κ2) is 4.91. The van der Waals surface area contributed by atoms with Crippen LogP contribution in [-0.2, 0) is 0 Å². The van der Waals surface area contributed by atoms with Crippen LogP contribution in [-0.4, -0.2) is 23.2 Å². The Morgan fingerprint density at radius 2 is 2.17 bits per heavy atom. The van der Waals surface area contributed by atoms with E-state index in [-0.39, 0.29) is 5.91 Å². The van der Waals surface area contributed by atoms with Crippen LogP contribution in [0.25, 0.3) is 0 Å². The van der Waals surface area contributed by atoms with E-state index in [0.717, 1.165) is 11.3 Å². The first-order chi connectivity index (χ1) is 8.61. The maximum absolute atomic E-state index is 12.0. The summed E-state index contributed by atoms with van der Waals surface area (Å²) >= 11 is 0. The Hall–Kier alpha value is -2.30. The largest absolute Gasteiger partial charge is 0.495 e. The van der Waals surface area contributed by atoms with Crippen molar-refractivity contribution in [1.29, 1.82) is 0 Å². The summed E-state index contributed by atoms with van der Waals surface area (Å²) in [5.41, 5.74) is 2.98. The Labute approximate surface area is 105 Å². The van der Waals surface area contributed by atoms with Crippen molar-refractivity contribution in [3.8, 4) is 5.75 Å². The first kappa shape index (κ1) is 12.2. The number of carbonyl (C=O) groups excluding carboxylic acids is 1. The van der Waals surface area contributed by atoms with Gasteiger partial charge >= 0.3 is 0 Å². The molecule has 1 heterocycles. The molecule has 2 rings (SSSR count). The van der Waals surface area contributed by atoms with Crippen molar-refractivity contribution in [2.75, 3.05) is 12.4 Å². The molecule has 2 N–H and O–H groups in total. The number of H-pyrrole nitrogens is 1. The first-order valence-electron chi connectivity index (χ1n) is 5.58. The molecule has 0 aliphatic carbocycles. The first-order valence-corrected chi connectivity index (χ1v) is 5.58. The molecule has 2 aromatic rings. The number of ether oxygens (including phenoxy) is 1. The minimum absolute atomic E-state index is 0.205. The van der Waals surface area contributed by atoms with Gasteiger partial charge in [0.15, 0.2) is 0 Å². The summed E-state index contributed by atoms with van der Waals surface area (Å²) in [5.74, 6) is 0.438. The van der Waals surface area contributed by atoms with E-state index >= 15 is 0 Å². The van der Waals surface area contributed by atoms with Gasteiger partial charge in [0.05, 0.1) is 24.6 Å². The number of hydrogen-bond acceptors (Lipinski definition) is 3. The zero-order valence-corrected chi connectivity index (χ0v) is 10.6. The summed E-state index contributed by atoms with van der Waals surface area (Å²) in [7, 11) is 1.58. The zero-order chi connectivity index (χ0) is 13.1. The van der Waals surface area contributed by atoms with Crippen molar-refractivity contribution in [3.63, 3.8) is 0 Å². The van der Waals surface area contributed by atoms with Crippen molar-refractivity contribution in [3.05, 3.63) is 41.2 Å². The number of aryl methyl sites for hydroxylation is 2. The summed E-state index contributed by atoms with van der Waals surface area (Å²) in [6.45, 7) is 3.77. The van der Waals surface area contributed by atoms with Crippen molar-refractivity contribution < 1.29 is 9.53 Å². The highest BCUT2D eigenvalue weighted by atomic mass is 16.5. The number of nitrogens with one attached hydrogen (secondary N) is 2. The fourth-order valence-corrected chi connectivity index (χ4v) is 1.67. The quantitative estimate of drug-likeness (QED) is 0.871. The number of nitrogens with zero attached hydrogens (tertiary/aromatic N) is 1. The lowest BCUT2D eigenvalue weighted by Crippen LogP contribution is -2.13. The number of aromatic nitrogens is 2. The van der Waals surface area contributed by atoms with Crippen LogP contribution in [0.15, 0.2) is 24.4 Å². The molecule has 5 nitrogen and oxygen atoms in total. The molecule has 94 valence electrons. The molecule has 18 heavy (non-hydrogen) atoms. The third-order valence-corrected chi connectivity index (χ3v) is 2.68. The number of amides is 1. The normalized spacial score (nSPS) is 10.2. The molecule has 0 saturated carbocycles. The van der Waals surface area contributed by atoms with Crippen LogP contribution in [0.3, 0.4) is 0 Å². The van der Waals surface area contributed by atoms with Gasteiger partial charge in [0.1, 0.15) is 5.75 Å². The predicted octanol–water partition coefficient (Wildman–Crippen LogP) is 2.29. The molecule has 0 saturated heterocycles. The maximum atomic E-state index is 12.0. The zero-order valence-electron chi connectivity index (χ0n) is 10.6. The number of hydrogen-bond donors (Lipinski definition) is 2. The maximum Gasteiger partial charge on any atom is 0.259 e. The monoisotopic (exact) mass is 245 g/mol. The van der Waals surface area contributed by atoms with E-state index < -0.39 is 0 Å². The summed E-state index contributed by atoms with van der Waals surface area (Å²) in [6.07, 6.45) is 1.51. The topological polar surface area (TPSA) is 67.0 Å². The van der Waals surface area contributed by atoms with Gasteiger partial charge in [0.2, 0.25) is 0 Å². The number of carbonyl (C=O) groups is 1. The Morgan fingerprint density at radius 3 is 2.78 bits per heavy atom. The van der Waals surface area contributed by atoms with Crippen LogP contribution in [0.1, 0.15) is 21.6 Å². The number of aromatic amines is 1. The second-order valence-electron chi connectivity index (χ2n) is 4.07. The lowest BCUT2D eigenvalue weighted by Gasteiger charge is -2.10. The molecule has 5 heteroatoms. The minimum atomic E-state index is -0.205. The van der Waals surface area contributed by atoms with Gasteiger partial charge < -0.3 is 10.1 Å². The van der Waals surface area contributed by atoms with Gasteiger partial charge in [0.25, 0.3) is 5.91 Å². The molecule has 1 aromatic carbocycles. The van der Waals surface area contributed by atoms with Crippen LogP contribution in [0.5, 0.6) is 5.75 Å². The highest BCUT2D eigenvalue weighted by molar-refractivity contribution is 6.05. The predicted molar refractivity (Wildman–Crippen MR) is 69.0 cm³/mol. The Balaban J connectivity index is 2.24. The summed E-state index contributed by atoms with van der Waals surface area (Å²) in [4.78, 5) is 12.0. The lowest BCUT2D eigenvalue weighted by atomic mass is 10.2. The fraction of sp³-hybridized carbons (Fsp3) is 0.231. The SMILES string of the molecule is COc1cc(C)ccc1NC(=O)c1cn[nH]c1C. The standard InChI is InChI=1S/C13H15N3O2/c1-8-4-5-11(12(6-8)18-3)15-13(17)10-7-14-16-9(10)2/h4-7H,1-3H3,(H,14,16)(H,15,17). The van der Waals surface area contributed by atoms with Crippen LogP contribution in [0.4, 0.5) is 5.69 Å². The van der Waals surface area contributed by atoms with E-state index in [9.17, 15) is 4.79 Å². The second-order valence-corrected chi connectivity index (χ2v) is 4.07. The van der Waals surface area contributed by atoms with E-state index in [4.69, 9.17) is 4.74 Å². The highest BCUT2D eigenvalue weighted by Gasteiger charge is 2.13. The van der Waals surface area contributed by atoms with Crippen LogP contribution in [0, 0.1) is 13.8 Å². The molecule has 0 aliphatic rings. The van der Waals surface area contributed by atoms with Gasteiger partial charge in [0, 0.05) is 5.69 Å². The third kappa shape index (κ3) is 2.34. The molecule has 1 amide bonds. The number of anilines is 1. The minimum Gasteiger partial charge on any atom is -0.495 e. The van der Waals surface area contributed by atoms with E-state index in [1.807, 2.05) is 25.1 Å². The summed E-state index contributed by atoms with van der Waals surface area (Å²) in [6, 6.07) is 5.61. The van der Waals surface area contributed by atoms with E-state index in [1.165, 1.54) is 6.20 Å². The average Bonchev–Trinajstić information content (AvgIpc) is 2.77.